The lowest BCUT2D eigenvalue weighted by Gasteiger charge is -2.33. The maximum absolute atomic E-state index is 13.3. The van der Waals surface area contributed by atoms with Crippen molar-refractivity contribution in [3.8, 4) is 10.4 Å². The Morgan fingerprint density at radius 3 is 1.94 bits per heavy atom. The van der Waals surface area contributed by atoms with E-state index >= 15 is 0 Å². The van der Waals surface area contributed by atoms with E-state index in [0.717, 1.165) is 25.7 Å². The van der Waals surface area contributed by atoms with Crippen LogP contribution in [0.5, 0.6) is 0 Å². The number of carbonyl (C=O) groups is 2. The predicted octanol–water partition coefficient (Wildman–Crippen LogP) is 5.89. The maximum atomic E-state index is 13.3. The van der Waals surface area contributed by atoms with Crippen molar-refractivity contribution in [2.75, 3.05) is 0 Å². The van der Waals surface area contributed by atoms with Crippen LogP contribution in [0, 0.1) is 0 Å². The van der Waals surface area contributed by atoms with Crippen molar-refractivity contribution in [2.45, 2.75) is 55.7 Å². The number of carboxylic acids is 1. The molecule has 1 amide bonds. The second-order valence-corrected chi connectivity index (χ2v) is 9.93. The lowest BCUT2D eigenvalue weighted by molar-refractivity contribution is -0.376. The van der Waals surface area contributed by atoms with Gasteiger partial charge in [0.05, 0.1) is 14.9 Å². The molecule has 15 heteroatoms. The summed E-state index contributed by atoms with van der Waals surface area (Å²) in [6.07, 6.45) is -9.41. The monoisotopic (exact) mass is 562 g/mol. The van der Waals surface area contributed by atoms with E-state index in [9.17, 15) is 46.1 Å². The number of rotatable bonds is 4. The van der Waals surface area contributed by atoms with Gasteiger partial charge in [-0.1, -0.05) is 35.3 Å². The van der Waals surface area contributed by atoms with Crippen molar-refractivity contribution in [3.63, 3.8) is 0 Å². The van der Waals surface area contributed by atoms with E-state index in [1.165, 1.54) is 0 Å². The standard InChI is InChI=1S/C20H14Cl2F6N2O4S/c21-11-9(5-6-10(12(11)22)18(34,19(23,24)25)20(26,27)28)14-13(29-15(35-14)17(32)33)16(31)30-7-1-2-8(30)4-3-7/h5-8,34H,1-4H2,(H,32,33). The van der Waals surface area contributed by atoms with E-state index in [1.807, 2.05) is 0 Å². The Hall–Kier alpha value is -2.09. The average molecular weight is 563 g/mol. The van der Waals surface area contributed by atoms with Crippen molar-refractivity contribution >= 4 is 46.4 Å². The summed E-state index contributed by atoms with van der Waals surface area (Å²) in [5.74, 6) is -2.12. The highest BCUT2D eigenvalue weighted by atomic mass is 35.5. The predicted molar refractivity (Wildman–Crippen MR) is 113 cm³/mol. The van der Waals surface area contributed by atoms with Gasteiger partial charge in [-0.05, 0) is 25.7 Å². The molecule has 2 N–H and O–H groups in total. The molecule has 3 heterocycles. The number of thiazole rings is 1. The van der Waals surface area contributed by atoms with Gasteiger partial charge < -0.3 is 15.1 Å². The SMILES string of the molecule is O=C(O)c1nc(C(=O)N2C3CCC2CC3)c(-c2ccc(C(O)(C(F)(F)F)C(F)(F)F)c(Cl)c2Cl)s1. The molecule has 2 fully saturated rings. The van der Waals surface area contributed by atoms with Gasteiger partial charge in [-0.3, -0.25) is 4.79 Å². The summed E-state index contributed by atoms with van der Waals surface area (Å²) in [6, 6.07) is 0.842. The van der Waals surface area contributed by atoms with Crippen LogP contribution in [0.3, 0.4) is 0 Å². The third kappa shape index (κ3) is 3.96. The van der Waals surface area contributed by atoms with E-state index in [4.69, 9.17) is 23.2 Å². The zero-order valence-electron chi connectivity index (χ0n) is 17.2. The molecule has 0 atom stereocenters. The number of aliphatic hydroxyl groups is 1. The molecule has 190 valence electrons. The van der Waals surface area contributed by atoms with Crippen LogP contribution in [-0.2, 0) is 5.60 Å². The van der Waals surface area contributed by atoms with E-state index < -0.39 is 50.4 Å². The molecule has 1 aromatic carbocycles. The summed E-state index contributed by atoms with van der Waals surface area (Å²) in [5.41, 5.74) is -7.74. The second kappa shape index (κ2) is 8.49. The number of nitrogens with zero attached hydrogens (tertiary/aromatic N) is 2. The quantitative estimate of drug-likeness (QED) is 0.453. The second-order valence-electron chi connectivity index (χ2n) is 8.17. The van der Waals surface area contributed by atoms with E-state index in [-0.39, 0.29) is 28.2 Å². The van der Waals surface area contributed by atoms with Crippen LogP contribution in [0.4, 0.5) is 26.3 Å². The summed E-state index contributed by atoms with van der Waals surface area (Å²) in [4.78, 5) is 30.1. The Morgan fingerprint density at radius 2 is 1.49 bits per heavy atom. The van der Waals surface area contributed by atoms with Crippen LogP contribution in [0.25, 0.3) is 10.4 Å². The molecule has 2 saturated heterocycles. The van der Waals surface area contributed by atoms with Gasteiger partial charge in [0.1, 0.15) is 5.69 Å². The van der Waals surface area contributed by atoms with Crippen molar-refractivity contribution in [2.24, 2.45) is 0 Å². The van der Waals surface area contributed by atoms with E-state index in [0.29, 0.717) is 23.5 Å². The molecule has 6 nitrogen and oxygen atoms in total. The average Bonchev–Trinajstić information content (AvgIpc) is 3.47. The Kier molecular flexibility index (Phi) is 6.31. The topological polar surface area (TPSA) is 90.7 Å². The molecule has 35 heavy (non-hydrogen) atoms. The smallest absolute Gasteiger partial charge is 0.430 e. The first-order valence-corrected chi connectivity index (χ1v) is 11.6. The number of amides is 1. The van der Waals surface area contributed by atoms with Crippen LogP contribution >= 0.6 is 34.5 Å². The highest BCUT2D eigenvalue weighted by Crippen LogP contribution is 2.54. The Labute approximate surface area is 207 Å². The van der Waals surface area contributed by atoms with Gasteiger partial charge in [0.25, 0.3) is 11.5 Å². The first-order valence-electron chi connectivity index (χ1n) is 10.0. The molecule has 2 bridgehead atoms. The molecular formula is C20H14Cl2F6N2O4S. The first-order chi connectivity index (χ1) is 16.1. The van der Waals surface area contributed by atoms with Gasteiger partial charge >= 0.3 is 18.3 Å². The van der Waals surface area contributed by atoms with Crippen LogP contribution in [0.2, 0.25) is 10.0 Å². The summed E-state index contributed by atoms with van der Waals surface area (Å²) in [7, 11) is 0. The van der Waals surface area contributed by atoms with Crippen LogP contribution in [-0.4, -0.2) is 56.4 Å². The third-order valence-electron chi connectivity index (χ3n) is 6.24. The van der Waals surface area contributed by atoms with Gasteiger partial charge in [0.15, 0.2) is 0 Å². The number of alkyl halides is 6. The van der Waals surface area contributed by atoms with Gasteiger partial charge in [0, 0.05) is 23.2 Å². The fourth-order valence-corrected chi connectivity index (χ4v) is 6.12. The Balaban J connectivity index is 1.87. The van der Waals surface area contributed by atoms with Gasteiger partial charge in [-0.2, -0.15) is 26.3 Å². The van der Waals surface area contributed by atoms with E-state index in [1.54, 1.807) is 4.90 Å². The number of aromatic nitrogens is 1. The number of fused-ring (bicyclic) bond motifs is 2. The molecule has 4 rings (SSSR count). The normalized spacial score (nSPS) is 20.5. The molecule has 2 aromatic rings. The number of hydrogen-bond acceptors (Lipinski definition) is 5. The molecular weight excluding hydrogens is 549 g/mol. The van der Waals surface area contributed by atoms with Crippen molar-refractivity contribution < 1.29 is 46.1 Å². The van der Waals surface area contributed by atoms with Crippen LogP contribution in [0.1, 0.15) is 51.5 Å². The van der Waals surface area contributed by atoms with Crippen molar-refractivity contribution in [3.05, 3.63) is 38.4 Å². The number of aromatic carboxylic acids is 1. The molecule has 0 unspecified atom stereocenters. The molecule has 1 aromatic heterocycles. The fraction of sp³-hybridized carbons (Fsp3) is 0.450. The Morgan fingerprint density at radius 1 is 0.971 bits per heavy atom. The van der Waals surface area contributed by atoms with E-state index in [2.05, 4.69) is 4.98 Å². The summed E-state index contributed by atoms with van der Waals surface area (Å²) in [5, 5.41) is 16.4. The maximum Gasteiger partial charge on any atom is 0.430 e. The van der Waals surface area contributed by atoms with Gasteiger partial charge in [0.2, 0.25) is 5.01 Å². The Bertz CT molecular complexity index is 1180. The van der Waals surface area contributed by atoms with Gasteiger partial charge in [-0.15, -0.1) is 11.3 Å². The van der Waals surface area contributed by atoms with Crippen molar-refractivity contribution in [1.82, 2.24) is 9.88 Å². The minimum absolute atomic E-state index is 0.0784. The lowest BCUT2D eigenvalue weighted by Crippen LogP contribution is -2.54. The minimum Gasteiger partial charge on any atom is -0.476 e. The molecule has 2 aliphatic heterocycles. The van der Waals surface area contributed by atoms with Crippen LogP contribution in [0.15, 0.2) is 12.1 Å². The lowest BCUT2D eigenvalue weighted by atomic mass is 9.91. The largest absolute Gasteiger partial charge is 0.476 e. The summed E-state index contributed by atoms with van der Waals surface area (Å²) in [6.45, 7) is 0. The fourth-order valence-electron chi connectivity index (χ4n) is 4.58. The number of hydrogen-bond donors (Lipinski definition) is 2. The zero-order valence-corrected chi connectivity index (χ0v) is 19.5. The highest BCUT2D eigenvalue weighted by Gasteiger charge is 2.72. The van der Waals surface area contributed by atoms with Crippen molar-refractivity contribution in [1.29, 1.82) is 0 Å². The van der Waals surface area contributed by atoms with Gasteiger partial charge in [-0.25, -0.2) is 9.78 Å². The first kappa shape index (κ1) is 26.0. The summed E-state index contributed by atoms with van der Waals surface area (Å²) < 4.78 is 80.0. The molecule has 0 saturated carbocycles. The molecule has 0 radical (unpaired) electrons. The molecule has 2 aliphatic rings. The number of halogens is 8. The number of benzene rings is 1. The third-order valence-corrected chi connectivity index (χ3v) is 8.20. The zero-order chi connectivity index (χ0) is 26.1. The highest BCUT2D eigenvalue weighted by molar-refractivity contribution is 7.17. The summed E-state index contributed by atoms with van der Waals surface area (Å²) >= 11 is 12.3. The van der Waals surface area contributed by atoms with Crippen LogP contribution < -0.4 is 0 Å². The molecule has 0 aliphatic carbocycles. The number of carboxylic acid groups (broad SMARTS) is 1. The number of carbonyl (C=O) groups excluding carboxylic acids is 1. The molecule has 0 spiro atoms. The minimum atomic E-state index is -6.20.